The third kappa shape index (κ3) is 2.59. The molecule has 0 radical (unpaired) electrons. The van der Waals surface area contributed by atoms with Crippen molar-refractivity contribution in [1.29, 1.82) is 0 Å². The molecule has 0 spiro atoms. The van der Waals surface area contributed by atoms with Crippen LogP contribution in [0.2, 0.25) is 0 Å². The molecule has 0 saturated carbocycles. The van der Waals surface area contributed by atoms with Gasteiger partial charge in [0.05, 0.1) is 12.6 Å². The summed E-state index contributed by atoms with van der Waals surface area (Å²) in [5.41, 5.74) is 1.21. The van der Waals surface area contributed by atoms with Crippen LogP contribution >= 0.6 is 0 Å². The van der Waals surface area contributed by atoms with Crippen molar-refractivity contribution in [1.82, 2.24) is 5.54 Å². The van der Waals surface area contributed by atoms with Crippen LogP contribution in [0, 0.1) is 4.91 Å². The summed E-state index contributed by atoms with van der Waals surface area (Å²) >= 11 is 0. The van der Waals surface area contributed by atoms with E-state index in [2.05, 4.69) is 5.18 Å². The fraction of sp³-hybridized carbons (Fsp3) is 1.00. The number of hydrogen-bond acceptors (Lipinski definition) is 4. The van der Waals surface area contributed by atoms with Crippen LogP contribution in [0.1, 0.15) is 0 Å². The molecule has 1 atom stereocenters. The minimum absolute atomic E-state index is 0.243. The number of nitrogens with zero attached hydrogens (tertiary/aromatic N) is 1. The lowest BCUT2D eigenvalue weighted by atomic mass is 10.3. The van der Waals surface area contributed by atoms with Crippen LogP contribution in [0.4, 0.5) is 4.48 Å². The lowest BCUT2D eigenvalue weighted by molar-refractivity contribution is 0.181. The van der Waals surface area contributed by atoms with Crippen molar-refractivity contribution < 1.29 is 9.59 Å². The van der Waals surface area contributed by atoms with E-state index in [9.17, 15) is 9.39 Å². The van der Waals surface area contributed by atoms with Crippen molar-refractivity contribution in [3.05, 3.63) is 4.91 Å². The van der Waals surface area contributed by atoms with Gasteiger partial charge in [-0.2, -0.15) is 10.4 Å². The first-order chi connectivity index (χ1) is 3.85. The van der Waals surface area contributed by atoms with Gasteiger partial charge in [-0.25, -0.2) is 0 Å². The number of aliphatic hydroxyl groups excluding tert-OH is 1. The van der Waals surface area contributed by atoms with Crippen LogP contribution in [0.25, 0.3) is 0 Å². The molecule has 0 saturated heterocycles. The lowest BCUT2D eigenvalue weighted by Gasteiger charge is -2.01. The van der Waals surface area contributed by atoms with E-state index in [4.69, 9.17) is 5.11 Å². The molecule has 48 valence electrons. The van der Waals surface area contributed by atoms with Crippen LogP contribution in [-0.2, 0) is 0 Å². The molecular formula is C3H7FN2O2. The minimum atomic E-state index is -0.840. The highest BCUT2D eigenvalue weighted by Gasteiger charge is 2.03. The lowest BCUT2D eigenvalue weighted by Crippen LogP contribution is -2.28. The van der Waals surface area contributed by atoms with Crippen molar-refractivity contribution in [2.75, 3.05) is 13.2 Å². The number of hydrogen-bond donors (Lipinski definition) is 2. The van der Waals surface area contributed by atoms with Crippen molar-refractivity contribution in [2.24, 2.45) is 5.18 Å². The Kier molecular flexibility index (Phi) is 4.29. The maximum absolute atomic E-state index is 11.2. The van der Waals surface area contributed by atoms with Crippen molar-refractivity contribution >= 4 is 0 Å². The standard InChI is InChI=1S/C3H7FN2O2/c4-6-3(2-7)1-5-8/h3,6-7H,1-2H2. The molecule has 0 aromatic heterocycles. The third-order valence-electron chi connectivity index (χ3n) is 0.670. The fourth-order valence-corrected chi connectivity index (χ4v) is 0.217. The first-order valence-corrected chi connectivity index (χ1v) is 2.11. The monoisotopic (exact) mass is 122 g/mol. The number of rotatable bonds is 4. The molecule has 4 nitrogen and oxygen atoms in total. The molecule has 0 aromatic rings. The molecule has 0 rings (SSSR count). The summed E-state index contributed by atoms with van der Waals surface area (Å²) in [6.07, 6.45) is 0. The van der Waals surface area contributed by atoms with E-state index in [1.165, 1.54) is 5.54 Å². The molecule has 0 aliphatic heterocycles. The predicted octanol–water partition coefficient (Wildman–Crippen LogP) is -0.412. The fourth-order valence-electron chi connectivity index (χ4n) is 0.217. The van der Waals surface area contributed by atoms with E-state index < -0.39 is 12.6 Å². The van der Waals surface area contributed by atoms with Gasteiger partial charge in [-0.15, -0.1) is 4.48 Å². The predicted molar refractivity (Wildman–Crippen MR) is 25.8 cm³/mol. The Morgan fingerprint density at radius 1 is 1.88 bits per heavy atom. The normalized spacial score (nSPS) is 13.2. The zero-order valence-corrected chi connectivity index (χ0v) is 4.17. The maximum Gasteiger partial charge on any atom is 0.101 e. The molecule has 2 N–H and O–H groups in total. The number of nitrogens with one attached hydrogen (secondary N) is 1. The molecule has 0 aliphatic carbocycles. The highest BCUT2D eigenvalue weighted by Crippen LogP contribution is 1.81. The molecule has 0 aliphatic rings. The van der Waals surface area contributed by atoms with Crippen molar-refractivity contribution in [3.8, 4) is 0 Å². The van der Waals surface area contributed by atoms with E-state index in [-0.39, 0.29) is 6.54 Å². The highest BCUT2D eigenvalue weighted by molar-refractivity contribution is 4.61. The van der Waals surface area contributed by atoms with E-state index in [1.54, 1.807) is 0 Å². The summed E-state index contributed by atoms with van der Waals surface area (Å²) in [5, 5.41) is 10.5. The molecule has 0 heterocycles. The number of nitroso groups, excluding NO2 is 1. The van der Waals surface area contributed by atoms with Gasteiger partial charge >= 0.3 is 0 Å². The van der Waals surface area contributed by atoms with Crippen LogP contribution in [-0.4, -0.2) is 24.3 Å². The SMILES string of the molecule is O=NCC(CO)NF. The summed E-state index contributed by atoms with van der Waals surface area (Å²) in [6, 6.07) is -0.840. The molecule has 0 aromatic carbocycles. The molecular weight excluding hydrogens is 115 g/mol. The van der Waals surface area contributed by atoms with E-state index >= 15 is 0 Å². The number of halogens is 1. The molecule has 8 heavy (non-hydrogen) atoms. The second kappa shape index (κ2) is 4.61. The Hall–Kier alpha value is -0.550. The quantitative estimate of drug-likeness (QED) is 0.393. The van der Waals surface area contributed by atoms with Gasteiger partial charge in [-0.3, -0.25) is 0 Å². The summed E-state index contributed by atoms with van der Waals surface area (Å²) in [4.78, 5) is 9.37. The van der Waals surface area contributed by atoms with Gasteiger partial charge in [0.15, 0.2) is 0 Å². The first kappa shape index (κ1) is 7.45. The third-order valence-corrected chi connectivity index (χ3v) is 0.670. The summed E-state index contributed by atoms with van der Waals surface area (Å²) in [6.45, 7) is -0.658. The largest absolute Gasteiger partial charge is 0.395 e. The van der Waals surface area contributed by atoms with E-state index in [0.717, 1.165) is 0 Å². The second-order valence-corrected chi connectivity index (χ2v) is 1.30. The van der Waals surface area contributed by atoms with Crippen molar-refractivity contribution in [3.63, 3.8) is 0 Å². The van der Waals surface area contributed by atoms with Crippen LogP contribution < -0.4 is 5.54 Å². The number of aliphatic hydroxyl groups is 1. The average Bonchev–Trinajstić information content (AvgIpc) is 1.83. The van der Waals surface area contributed by atoms with Gasteiger partial charge in [-0.05, 0) is 0 Å². The Morgan fingerprint density at radius 3 is 2.62 bits per heavy atom. The average molecular weight is 122 g/mol. The minimum Gasteiger partial charge on any atom is -0.395 e. The van der Waals surface area contributed by atoms with Gasteiger partial charge in [0.2, 0.25) is 0 Å². The van der Waals surface area contributed by atoms with Gasteiger partial charge < -0.3 is 5.11 Å². The van der Waals surface area contributed by atoms with Gasteiger partial charge in [0.1, 0.15) is 6.54 Å². The van der Waals surface area contributed by atoms with Crippen LogP contribution in [0.3, 0.4) is 0 Å². The zero-order valence-electron chi connectivity index (χ0n) is 4.17. The topological polar surface area (TPSA) is 61.7 Å². The van der Waals surface area contributed by atoms with E-state index in [0.29, 0.717) is 0 Å². The summed E-state index contributed by atoms with van der Waals surface area (Å²) in [5.74, 6) is 0. The molecule has 5 heteroatoms. The first-order valence-electron chi connectivity index (χ1n) is 2.11. The maximum atomic E-state index is 11.2. The van der Waals surface area contributed by atoms with Crippen LogP contribution in [0.5, 0.6) is 0 Å². The second-order valence-electron chi connectivity index (χ2n) is 1.30. The smallest absolute Gasteiger partial charge is 0.101 e. The van der Waals surface area contributed by atoms with Gasteiger partial charge in [0, 0.05) is 0 Å². The van der Waals surface area contributed by atoms with Gasteiger partial charge in [-0.1, -0.05) is 5.18 Å². The Labute approximate surface area is 45.6 Å². The summed E-state index contributed by atoms with van der Waals surface area (Å²) < 4.78 is 11.2. The Bertz CT molecular complexity index is 66.3. The summed E-state index contributed by atoms with van der Waals surface area (Å²) in [7, 11) is 0. The molecule has 0 amide bonds. The molecule has 1 unspecified atom stereocenters. The van der Waals surface area contributed by atoms with Crippen molar-refractivity contribution in [2.45, 2.75) is 6.04 Å². The molecule has 0 bridgehead atoms. The van der Waals surface area contributed by atoms with Crippen LogP contribution in [0.15, 0.2) is 5.18 Å². The Morgan fingerprint density at radius 2 is 2.50 bits per heavy atom. The zero-order chi connectivity index (χ0) is 6.41. The molecule has 0 fully saturated rings. The highest BCUT2D eigenvalue weighted by atomic mass is 19.2. The van der Waals surface area contributed by atoms with E-state index in [1.807, 2.05) is 0 Å². The van der Waals surface area contributed by atoms with Gasteiger partial charge in [0.25, 0.3) is 0 Å². The Balaban J connectivity index is 3.20.